The molecule has 4 atom stereocenters. The van der Waals surface area contributed by atoms with Crippen molar-refractivity contribution >= 4 is 11.8 Å². The zero-order chi connectivity index (χ0) is 25.4. The number of carbonyl (C=O) groups is 2. The number of halogens is 5. The minimum Gasteiger partial charge on any atom is -0.347 e. The maximum absolute atomic E-state index is 14.7. The Balaban J connectivity index is 1.24. The first kappa shape index (κ1) is 23.4. The molecule has 2 aromatic rings. The van der Waals surface area contributed by atoms with Crippen LogP contribution in [0.5, 0.6) is 0 Å². The van der Waals surface area contributed by atoms with Crippen LogP contribution in [0.2, 0.25) is 0 Å². The number of nitrogens with zero attached hydrogens (tertiary/aromatic N) is 2. The molecule has 4 fully saturated rings. The van der Waals surface area contributed by atoms with E-state index in [2.05, 4.69) is 10.3 Å². The summed E-state index contributed by atoms with van der Waals surface area (Å²) in [6.07, 6.45) is 1.21. The fourth-order valence-electron chi connectivity index (χ4n) is 5.50. The lowest BCUT2D eigenvalue weighted by Gasteiger charge is -2.29. The number of aromatic nitrogens is 1. The SMILES string of the molecule is O=C(N[C@@H](c1cc(F)c(C(F)(F)F)cc1F)C1CC1)[C@H]1C[C@H]2C[C@H]2N1C(=O)c1cc(C2CC2)ccn1. The van der Waals surface area contributed by atoms with Crippen LogP contribution in [-0.2, 0) is 11.0 Å². The van der Waals surface area contributed by atoms with E-state index in [1.54, 1.807) is 17.2 Å². The summed E-state index contributed by atoms with van der Waals surface area (Å²) in [5.74, 6) is -3.23. The number of amides is 2. The Hall–Kier alpha value is -3.04. The summed E-state index contributed by atoms with van der Waals surface area (Å²) in [6.45, 7) is 0. The van der Waals surface area contributed by atoms with Crippen molar-refractivity contribution in [3.8, 4) is 0 Å². The molecule has 1 aliphatic heterocycles. The predicted molar refractivity (Wildman–Crippen MR) is 118 cm³/mol. The van der Waals surface area contributed by atoms with Gasteiger partial charge in [0, 0.05) is 17.8 Å². The molecular formula is C26H24F5N3O2. The molecule has 6 rings (SSSR count). The third kappa shape index (κ3) is 4.24. The number of likely N-dealkylation sites (tertiary alicyclic amines) is 1. The van der Waals surface area contributed by atoms with Crippen molar-refractivity contribution in [2.45, 2.75) is 68.7 Å². The van der Waals surface area contributed by atoms with Gasteiger partial charge in [0.25, 0.3) is 5.91 Å². The first-order chi connectivity index (χ1) is 17.1. The van der Waals surface area contributed by atoms with E-state index in [0.29, 0.717) is 31.2 Å². The number of fused-ring (bicyclic) bond motifs is 1. The fraction of sp³-hybridized carbons (Fsp3) is 0.500. The van der Waals surface area contributed by atoms with Crippen molar-refractivity contribution < 1.29 is 31.5 Å². The van der Waals surface area contributed by atoms with Gasteiger partial charge in [0.15, 0.2) is 0 Å². The molecule has 5 nitrogen and oxygen atoms in total. The summed E-state index contributed by atoms with van der Waals surface area (Å²) in [7, 11) is 0. The van der Waals surface area contributed by atoms with E-state index in [0.717, 1.165) is 24.8 Å². The molecular weight excluding hydrogens is 481 g/mol. The standard InChI is InChI=1S/C26H24F5N3O2/c27-18-11-17(26(29,30)31)19(28)10-16(18)23(13-3-4-13)33-24(35)22-9-15-8-21(15)34(22)25(36)20-7-14(5-6-32-20)12-1-2-12/h5-7,10-13,15,21-23H,1-4,8-9H2,(H,33,35)/t15-,21-,22-,23-/m1/s1. The number of pyridine rings is 1. The Morgan fingerprint density at radius 3 is 2.44 bits per heavy atom. The predicted octanol–water partition coefficient (Wildman–Crippen LogP) is 5.13. The monoisotopic (exact) mass is 505 g/mol. The van der Waals surface area contributed by atoms with E-state index in [4.69, 9.17) is 0 Å². The molecule has 2 amide bonds. The van der Waals surface area contributed by atoms with Gasteiger partial charge in [-0.05, 0) is 86.1 Å². The molecule has 1 aromatic carbocycles. The van der Waals surface area contributed by atoms with Gasteiger partial charge in [-0.25, -0.2) is 8.78 Å². The average Bonchev–Trinajstić information content (AvgIpc) is 3.71. The number of nitrogens with one attached hydrogen (secondary N) is 1. The van der Waals surface area contributed by atoms with Gasteiger partial charge in [0.2, 0.25) is 5.91 Å². The van der Waals surface area contributed by atoms with Gasteiger partial charge in [0.1, 0.15) is 23.4 Å². The Kier molecular flexibility index (Phi) is 5.35. The van der Waals surface area contributed by atoms with E-state index in [-0.39, 0.29) is 41.1 Å². The summed E-state index contributed by atoms with van der Waals surface area (Å²) in [6, 6.07) is 2.50. The van der Waals surface area contributed by atoms with Crippen LogP contribution in [0.1, 0.15) is 77.7 Å². The van der Waals surface area contributed by atoms with Crippen LogP contribution < -0.4 is 5.32 Å². The lowest BCUT2D eigenvalue weighted by atomic mass is 9.98. The Labute approximate surface area is 204 Å². The third-order valence-electron chi connectivity index (χ3n) is 7.81. The van der Waals surface area contributed by atoms with Gasteiger partial charge < -0.3 is 10.2 Å². The normalized spacial score (nSPS) is 25.9. The highest BCUT2D eigenvalue weighted by Crippen LogP contribution is 2.49. The Bertz CT molecular complexity index is 1240. The maximum atomic E-state index is 14.7. The molecule has 4 aliphatic rings. The molecule has 0 radical (unpaired) electrons. The van der Waals surface area contributed by atoms with E-state index < -0.39 is 41.4 Å². The first-order valence-electron chi connectivity index (χ1n) is 12.3. The second-order valence-corrected chi connectivity index (χ2v) is 10.5. The van der Waals surface area contributed by atoms with Crippen LogP contribution in [0, 0.1) is 23.5 Å². The summed E-state index contributed by atoms with van der Waals surface area (Å²) in [4.78, 5) is 32.5. The lowest BCUT2D eigenvalue weighted by Crippen LogP contribution is -2.49. The topological polar surface area (TPSA) is 62.3 Å². The van der Waals surface area contributed by atoms with Crippen LogP contribution in [0.15, 0.2) is 30.5 Å². The maximum Gasteiger partial charge on any atom is 0.419 e. The van der Waals surface area contributed by atoms with Crippen molar-refractivity contribution in [2.75, 3.05) is 0 Å². The minimum atomic E-state index is -5.03. The van der Waals surface area contributed by atoms with Crippen LogP contribution >= 0.6 is 0 Å². The van der Waals surface area contributed by atoms with Gasteiger partial charge in [-0.15, -0.1) is 0 Å². The largest absolute Gasteiger partial charge is 0.419 e. The second kappa shape index (κ2) is 8.24. The average molecular weight is 505 g/mol. The summed E-state index contributed by atoms with van der Waals surface area (Å²) < 4.78 is 68.0. The number of hydrogen-bond acceptors (Lipinski definition) is 3. The van der Waals surface area contributed by atoms with E-state index >= 15 is 0 Å². The second-order valence-electron chi connectivity index (χ2n) is 10.5. The van der Waals surface area contributed by atoms with E-state index in [1.807, 2.05) is 6.07 Å². The van der Waals surface area contributed by atoms with Gasteiger partial charge >= 0.3 is 6.18 Å². The molecule has 1 N–H and O–H groups in total. The number of carbonyl (C=O) groups excluding carboxylic acids is 2. The first-order valence-corrected chi connectivity index (χ1v) is 12.3. The number of piperidine rings is 1. The van der Waals surface area contributed by atoms with Crippen molar-refractivity contribution in [1.82, 2.24) is 15.2 Å². The van der Waals surface area contributed by atoms with Gasteiger partial charge in [-0.1, -0.05) is 0 Å². The molecule has 1 aromatic heterocycles. The molecule has 0 unspecified atom stereocenters. The minimum absolute atomic E-state index is 0.0701. The van der Waals surface area contributed by atoms with Crippen LogP contribution in [0.25, 0.3) is 0 Å². The summed E-state index contributed by atoms with van der Waals surface area (Å²) in [5.41, 5.74) is -0.664. The highest BCUT2D eigenvalue weighted by Gasteiger charge is 2.57. The van der Waals surface area contributed by atoms with Crippen molar-refractivity contribution in [3.63, 3.8) is 0 Å². The Morgan fingerprint density at radius 2 is 1.78 bits per heavy atom. The molecule has 0 bridgehead atoms. The third-order valence-corrected chi connectivity index (χ3v) is 7.81. The van der Waals surface area contributed by atoms with Crippen molar-refractivity contribution in [1.29, 1.82) is 0 Å². The summed E-state index contributed by atoms with van der Waals surface area (Å²) >= 11 is 0. The smallest absolute Gasteiger partial charge is 0.347 e. The van der Waals surface area contributed by atoms with Crippen molar-refractivity contribution in [3.05, 3.63) is 64.5 Å². The molecule has 3 saturated carbocycles. The van der Waals surface area contributed by atoms with Crippen LogP contribution in [0.3, 0.4) is 0 Å². The molecule has 10 heteroatoms. The number of benzene rings is 1. The molecule has 3 aliphatic carbocycles. The van der Waals surface area contributed by atoms with Gasteiger partial charge in [0.05, 0.1) is 11.6 Å². The van der Waals surface area contributed by atoms with E-state index in [9.17, 15) is 31.5 Å². The number of alkyl halides is 3. The van der Waals surface area contributed by atoms with Crippen LogP contribution in [-0.4, -0.2) is 33.8 Å². The summed E-state index contributed by atoms with van der Waals surface area (Å²) in [5, 5.41) is 2.74. The van der Waals surface area contributed by atoms with Gasteiger partial charge in [-0.2, -0.15) is 13.2 Å². The quantitative estimate of drug-likeness (QED) is 0.554. The van der Waals surface area contributed by atoms with Crippen LogP contribution in [0.4, 0.5) is 22.0 Å². The molecule has 0 spiro atoms. The van der Waals surface area contributed by atoms with Crippen molar-refractivity contribution in [2.24, 2.45) is 11.8 Å². The Morgan fingerprint density at radius 1 is 1.03 bits per heavy atom. The number of hydrogen-bond donors (Lipinski definition) is 1. The molecule has 36 heavy (non-hydrogen) atoms. The van der Waals surface area contributed by atoms with Gasteiger partial charge in [-0.3, -0.25) is 14.6 Å². The van der Waals surface area contributed by atoms with E-state index in [1.165, 1.54) is 0 Å². The fourth-order valence-corrected chi connectivity index (χ4v) is 5.50. The molecule has 2 heterocycles. The number of rotatable bonds is 6. The zero-order valence-corrected chi connectivity index (χ0v) is 19.2. The molecule has 1 saturated heterocycles. The lowest BCUT2D eigenvalue weighted by molar-refractivity contribution is -0.140. The zero-order valence-electron chi connectivity index (χ0n) is 19.2. The molecule has 190 valence electrons. The highest BCUT2D eigenvalue weighted by molar-refractivity contribution is 5.97. The highest BCUT2D eigenvalue weighted by atomic mass is 19.4.